The number of carbonyl (C=O) groups is 1. The number of fused-ring (bicyclic) bond motifs is 4. The lowest BCUT2D eigenvalue weighted by molar-refractivity contribution is 0.101. The largest absolute Gasteiger partial charge is 0.456 e. The fraction of sp³-hybridized carbons (Fsp3) is 0.314. The van der Waals surface area contributed by atoms with E-state index in [9.17, 15) is 4.79 Å². The molecule has 0 aromatic heterocycles. The monoisotopic (exact) mass is 517 g/mol. The van der Waals surface area contributed by atoms with Gasteiger partial charge in [0, 0.05) is 65.7 Å². The Balaban J connectivity index is 1.77. The third kappa shape index (κ3) is 3.72. The molecule has 0 unspecified atom stereocenters. The van der Waals surface area contributed by atoms with Crippen molar-refractivity contribution in [2.24, 2.45) is 0 Å². The molecule has 3 aromatic carbocycles. The van der Waals surface area contributed by atoms with Crippen molar-refractivity contribution in [3.05, 3.63) is 99.1 Å². The van der Waals surface area contributed by atoms with Crippen LogP contribution in [-0.2, 0) is 0 Å². The van der Waals surface area contributed by atoms with E-state index in [2.05, 4.69) is 108 Å². The Bertz CT molecular complexity index is 1800. The molecule has 198 valence electrons. The molecule has 6 rings (SSSR count). The second kappa shape index (κ2) is 8.29. The van der Waals surface area contributed by atoms with Gasteiger partial charge in [0.15, 0.2) is 11.3 Å². The summed E-state index contributed by atoms with van der Waals surface area (Å²) < 4.78 is 9.08. The first-order valence-corrected chi connectivity index (χ1v) is 13.7. The number of ketones is 1. The second-order valence-corrected chi connectivity index (χ2v) is 12.4. The quantitative estimate of drug-likeness (QED) is 0.235. The summed E-state index contributed by atoms with van der Waals surface area (Å²) in [5.41, 5.74) is 9.52. The van der Waals surface area contributed by atoms with Gasteiger partial charge in [0.1, 0.15) is 18.5 Å². The molecule has 0 amide bonds. The Hall–Kier alpha value is -3.92. The zero-order valence-electron chi connectivity index (χ0n) is 24.5. The lowest BCUT2D eigenvalue weighted by atomic mass is 9.83. The fourth-order valence-corrected chi connectivity index (χ4v) is 6.48. The number of carbonyl (C=O) groups excluding carboxylic acids is 1. The molecular formula is C35H37N2O2+. The Morgan fingerprint density at radius 2 is 1.54 bits per heavy atom. The molecular weight excluding hydrogens is 480 g/mol. The number of allylic oxidation sites excluding steroid dienone is 2. The van der Waals surface area contributed by atoms with Crippen molar-refractivity contribution in [3.63, 3.8) is 0 Å². The average Bonchev–Trinajstić information content (AvgIpc) is 2.87. The van der Waals surface area contributed by atoms with Gasteiger partial charge in [-0.2, -0.15) is 0 Å². The van der Waals surface area contributed by atoms with Gasteiger partial charge < -0.3 is 9.64 Å². The topological polar surface area (TPSA) is 32.5 Å². The summed E-state index contributed by atoms with van der Waals surface area (Å²) in [6, 6.07) is 16.8. The van der Waals surface area contributed by atoms with Crippen LogP contribution in [0.2, 0.25) is 0 Å². The normalized spacial score (nSPS) is 18.2. The number of rotatable bonds is 2. The van der Waals surface area contributed by atoms with Gasteiger partial charge in [-0.15, -0.1) is 0 Å². The van der Waals surface area contributed by atoms with E-state index in [-0.39, 0.29) is 16.9 Å². The summed E-state index contributed by atoms with van der Waals surface area (Å²) >= 11 is 0. The van der Waals surface area contributed by atoms with E-state index in [1.165, 1.54) is 22.3 Å². The molecule has 4 heteroatoms. The third-order valence-electron chi connectivity index (χ3n) is 8.97. The third-order valence-corrected chi connectivity index (χ3v) is 8.97. The molecule has 0 atom stereocenters. The number of hydrogen-bond acceptors (Lipinski definition) is 3. The van der Waals surface area contributed by atoms with E-state index in [0.29, 0.717) is 0 Å². The van der Waals surface area contributed by atoms with Gasteiger partial charge in [-0.25, -0.2) is 4.58 Å². The molecule has 0 radical (unpaired) electrons. The predicted octanol–water partition coefficient (Wildman–Crippen LogP) is 6.19. The Morgan fingerprint density at radius 1 is 0.846 bits per heavy atom. The molecule has 39 heavy (non-hydrogen) atoms. The maximum atomic E-state index is 12.9. The van der Waals surface area contributed by atoms with Gasteiger partial charge in [-0.3, -0.25) is 4.79 Å². The molecule has 0 saturated heterocycles. The van der Waals surface area contributed by atoms with Gasteiger partial charge in [-0.05, 0) is 69.5 Å². The minimum absolute atomic E-state index is 0.0544. The van der Waals surface area contributed by atoms with Crippen LogP contribution in [0.1, 0.15) is 81.1 Å². The van der Waals surface area contributed by atoms with Crippen LogP contribution in [0.25, 0.3) is 16.7 Å². The van der Waals surface area contributed by atoms with Crippen molar-refractivity contribution in [1.82, 2.24) is 4.58 Å². The van der Waals surface area contributed by atoms with Crippen molar-refractivity contribution in [3.8, 4) is 11.5 Å². The molecule has 0 aliphatic carbocycles. The lowest BCUT2D eigenvalue weighted by Crippen LogP contribution is -2.47. The van der Waals surface area contributed by atoms with E-state index in [1.807, 2.05) is 18.2 Å². The summed E-state index contributed by atoms with van der Waals surface area (Å²) in [5.74, 6) is 1.69. The predicted molar refractivity (Wildman–Crippen MR) is 161 cm³/mol. The smallest absolute Gasteiger partial charge is 0.211 e. The molecule has 0 N–H and O–H groups in total. The van der Waals surface area contributed by atoms with Crippen LogP contribution in [0.5, 0.6) is 11.5 Å². The molecule has 3 aromatic rings. The second-order valence-electron chi connectivity index (χ2n) is 12.4. The molecule has 3 aliphatic rings. The first-order chi connectivity index (χ1) is 18.3. The van der Waals surface area contributed by atoms with E-state index in [4.69, 9.17) is 4.74 Å². The lowest BCUT2D eigenvalue weighted by Gasteiger charge is -2.41. The van der Waals surface area contributed by atoms with Crippen LogP contribution in [0.15, 0.2) is 60.7 Å². The maximum absolute atomic E-state index is 12.9. The molecule has 3 heterocycles. The van der Waals surface area contributed by atoms with Crippen molar-refractivity contribution >= 4 is 28.2 Å². The average molecular weight is 518 g/mol. The number of anilines is 1. The van der Waals surface area contributed by atoms with Gasteiger partial charge in [0.05, 0.1) is 11.6 Å². The standard InChI is InChI=1S/C35H37N2O2/c1-20-18-34(4,5)36(8)29-16-31-27(14-25(20)29)33(24-13-11-10-12-23(24)22(3)38)28-15-26-21(2)19-35(6,7)37(9)30(26)17-32(28)39-31/h10-19H,1-9H3/q+1. The van der Waals surface area contributed by atoms with Crippen LogP contribution in [-0.4, -0.2) is 31.0 Å². The summed E-state index contributed by atoms with van der Waals surface area (Å²) in [4.78, 5) is 15.2. The Morgan fingerprint density at radius 3 is 2.26 bits per heavy atom. The van der Waals surface area contributed by atoms with Crippen molar-refractivity contribution in [1.29, 1.82) is 0 Å². The van der Waals surface area contributed by atoms with Gasteiger partial charge >= 0.3 is 0 Å². The van der Waals surface area contributed by atoms with Crippen LogP contribution in [0.4, 0.5) is 5.69 Å². The minimum atomic E-state index is -0.108. The summed E-state index contributed by atoms with van der Waals surface area (Å²) in [5, 5.41) is 2.17. The zero-order chi connectivity index (χ0) is 28.0. The Labute approximate surface area is 231 Å². The molecule has 4 nitrogen and oxygen atoms in total. The van der Waals surface area contributed by atoms with Crippen molar-refractivity contribution < 1.29 is 9.53 Å². The van der Waals surface area contributed by atoms with Crippen LogP contribution in [0, 0.1) is 0 Å². The summed E-state index contributed by atoms with van der Waals surface area (Å²) in [7, 11) is 4.28. The molecule has 0 saturated carbocycles. The molecule has 0 bridgehead atoms. The number of likely N-dealkylation sites (N-methyl/N-ethyl adjacent to an activating group) is 2. The molecule has 0 spiro atoms. The summed E-state index contributed by atoms with van der Waals surface area (Å²) in [6.45, 7) is 14.9. The van der Waals surface area contributed by atoms with Crippen molar-refractivity contribution in [2.45, 2.75) is 59.5 Å². The highest BCUT2D eigenvalue weighted by atomic mass is 16.5. The highest BCUT2D eigenvalue weighted by Crippen LogP contribution is 2.46. The van der Waals surface area contributed by atoms with E-state index >= 15 is 0 Å². The van der Waals surface area contributed by atoms with Gasteiger partial charge in [0.25, 0.3) is 0 Å². The van der Waals surface area contributed by atoms with Crippen molar-refractivity contribution in [2.75, 3.05) is 19.0 Å². The highest BCUT2D eigenvalue weighted by molar-refractivity contribution is 6.02. The SMILES string of the molecule is CC(=O)c1ccccc1C1=c2cc3c(cc2Oc2cc4c(cc21)C(C)=CC(C)(C)N4C)=[N+](C)C(C)(C)C=C3C. The molecule has 0 fully saturated rings. The van der Waals surface area contributed by atoms with E-state index in [0.717, 1.165) is 50.0 Å². The highest BCUT2D eigenvalue weighted by Gasteiger charge is 2.34. The van der Waals surface area contributed by atoms with Crippen LogP contribution >= 0.6 is 0 Å². The maximum Gasteiger partial charge on any atom is 0.211 e. The minimum Gasteiger partial charge on any atom is -0.456 e. The number of Topliss-reactive ketones (excluding diaryl/α,β-unsaturated/α-hetero) is 1. The van der Waals surface area contributed by atoms with Crippen LogP contribution < -0.4 is 24.8 Å². The van der Waals surface area contributed by atoms with Crippen LogP contribution in [0.3, 0.4) is 0 Å². The van der Waals surface area contributed by atoms with E-state index in [1.54, 1.807) is 6.92 Å². The summed E-state index contributed by atoms with van der Waals surface area (Å²) in [6.07, 6.45) is 4.65. The first kappa shape index (κ1) is 25.4. The number of benzene rings is 3. The van der Waals surface area contributed by atoms with Gasteiger partial charge in [0.2, 0.25) is 5.36 Å². The van der Waals surface area contributed by atoms with Gasteiger partial charge in [-0.1, -0.05) is 30.3 Å². The first-order valence-electron chi connectivity index (χ1n) is 13.7. The van der Waals surface area contributed by atoms with E-state index < -0.39 is 0 Å². The number of nitrogens with zero attached hydrogens (tertiary/aromatic N) is 2. The number of hydrogen-bond donors (Lipinski definition) is 0. The fourth-order valence-electron chi connectivity index (χ4n) is 6.48. The molecule has 3 aliphatic heterocycles. The number of ether oxygens (including phenoxy) is 1. The Kier molecular flexibility index (Phi) is 5.39. The zero-order valence-corrected chi connectivity index (χ0v) is 24.5.